The normalized spacial score (nSPS) is 10.8. The average molecular weight is 223 g/mol. The predicted molar refractivity (Wildman–Crippen MR) is 68.2 cm³/mol. The minimum absolute atomic E-state index is 1.17. The van der Waals surface area contributed by atoms with Crippen molar-refractivity contribution in [3.05, 3.63) is 18.7 Å². The zero-order chi connectivity index (χ0) is 11.5. The molecule has 0 atom stereocenters. The fourth-order valence-corrected chi connectivity index (χ4v) is 2.06. The number of aryl methyl sites for hydroxylation is 1. The van der Waals surface area contributed by atoms with Crippen LogP contribution in [0.2, 0.25) is 0 Å². The number of aromatic amines is 1. The first-order valence-electron chi connectivity index (χ1n) is 6.95. The molecule has 92 valence electrons. The van der Waals surface area contributed by atoms with Gasteiger partial charge in [-0.2, -0.15) is 0 Å². The summed E-state index contributed by atoms with van der Waals surface area (Å²) >= 11 is 0. The molecular formula is C14H27N2+. The number of unbranched alkanes of at least 4 members (excludes halogenated alkanes) is 8. The molecular weight excluding hydrogens is 196 g/mol. The highest BCUT2D eigenvalue weighted by Gasteiger charge is 1.96. The molecule has 1 aromatic heterocycles. The van der Waals surface area contributed by atoms with Crippen LogP contribution >= 0.6 is 0 Å². The number of rotatable bonds is 10. The molecule has 0 saturated heterocycles. The standard InChI is InChI=1S/C14H26N2/c1-2-3-4-5-6-7-8-9-10-12-16-13-11-15-14-16/h11,13-14H,2-10,12H2,1H3/p+1. The van der Waals surface area contributed by atoms with Crippen LogP contribution in [0.15, 0.2) is 18.7 Å². The molecule has 2 nitrogen and oxygen atoms in total. The maximum atomic E-state index is 3.07. The van der Waals surface area contributed by atoms with Crippen LogP contribution in [-0.2, 0) is 6.54 Å². The van der Waals surface area contributed by atoms with Crippen LogP contribution < -0.4 is 4.57 Å². The Balaban J connectivity index is 1.78. The van der Waals surface area contributed by atoms with Crippen molar-refractivity contribution >= 4 is 0 Å². The quantitative estimate of drug-likeness (QED) is 0.459. The minimum atomic E-state index is 1.17. The van der Waals surface area contributed by atoms with Crippen LogP contribution in [0, 0.1) is 0 Å². The number of aromatic nitrogens is 2. The van der Waals surface area contributed by atoms with E-state index >= 15 is 0 Å². The van der Waals surface area contributed by atoms with Crippen LogP contribution in [0.5, 0.6) is 0 Å². The Morgan fingerprint density at radius 3 is 2.06 bits per heavy atom. The monoisotopic (exact) mass is 223 g/mol. The van der Waals surface area contributed by atoms with Gasteiger partial charge < -0.3 is 0 Å². The molecule has 0 aliphatic heterocycles. The molecule has 0 fully saturated rings. The molecule has 1 rings (SSSR count). The van der Waals surface area contributed by atoms with E-state index in [0.717, 1.165) is 0 Å². The molecule has 0 spiro atoms. The van der Waals surface area contributed by atoms with Crippen molar-refractivity contribution in [2.45, 2.75) is 71.3 Å². The molecule has 0 unspecified atom stereocenters. The zero-order valence-electron chi connectivity index (χ0n) is 10.8. The van der Waals surface area contributed by atoms with E-state index in [-0.39, 0.29) is 0 Å². The second-order valence-electron chi connectivity index (χ2n) is 4.68. The molecule has 0 saturated carbocycles. The number of H-pyrrole nitrogens is 1. The number of nitrogens with zero attached hydrogens (tertiary/aromatic N) is 1. The second kappa shape index (κ2) is 9.44. The lowest BCUT2D eigenvalue weighted by atomic mass is 10.1. The van der Waals surface area contributed by atoms with Gasteiger partial charge in [-0.05, 0) is 12.8 Å². The van der Waals surface area contributed by atoms with E-state index in [1.54, 1.807) is 0 Å². The summed E-state index contributed by atoms with van der Waals surface area (Å²) in [6.07, 6.45) is 18.8. The topological polar surface area (TPSA) is 19.7 Å². The van der Waals surface area contributed by atoms with Gasteiger partial charge >= 0.3 is 0 Å². The van der Waals surface area contributed by atoms with Gasteiger partial charge in [-0.25, -0.2) is 4.57 Å². The Kier molecular flexibility index (Phi) is 7.83. The van der Waals surface area contributed by atoms with Gasteiger partial charge in [0.15, 0.2) is 0 Å². The van der Waals surface area contributed by atoms with Crippen LogP contribution in [-0.4, -0.2) is 4.98 Å². The maximum Gasteiger partial charge on any atom is 0.241 e. The van der Waals surface area contributed by atoms with E-state index in [4.69, 9.17) is 0 Å². The summed E-state index contributed by atoms with van der Waals surface area (Å²) in [6, 6.07) is 0. The zero-order valence-corrected chi connectivity index (χ0v) is 10.8. The Hall–Kier alpha value is -0.790. The minimum Gasteiger partial charge on any atom is -0.250 e. The summed E-state index contributed by atoms with van der Waals surface area (Å²) in [4.78, 5) is 3.07. The maximum absolute atomic E-state index is 3.07. The molecule has 0 aromatic carbocycles. The fraction of sp³-hybridized carbons (Fsp3) is 0.786. The first kappa shape index (κ1) is 13.3. The van der Waals surface area contributed by atoms with Gasteiger partial charge in [-0.1, -0.05) is 51.9 Å². The lowest BCUT2D eigenvalue weighted by Crippen LogP contribution is -2.30. The number of hydrogen-bond acceptors (Lipinski definition) is 0. The molecule has 0 aliphatic carbocycles. The molecule has 16 heavy (non-hydrogen) atoms. The number of hydrogen-bond donors (Lipinski definition) is 1. The Bertz CT molecular complexity index is 229. The van der Waals surface area contributed by atoms with E-state index < -0.39 is 0 Å². The van der Waals surface area contributed by atoms with Crippen LogP contribution in [0.3, 0.4) is 0 Å². The highest BCUT2D eigenvalue weighted by Crippen LogP contribution is 2.09. The van der Waals surface area contributed by atoms with Crippen molar-refractivity contribution in [3.63, 3.8) is 0 Å². The third kappa shape index (κ3) is 6.65. The van der Waals surface area contributed by atoms with Crippen molar-refractivity contribution < 1.29 is 4.57 Å². The SMILES string of the molecule is CCCCCCCCCCC[n+]1cc[nH]c1. The molecule has 0 bridgehead atoms. The summed E-state index contributed by atoms with van der Waals surface area (Å²) in [5.74, 6) is 0. The van der Waals surface area contributed by atoms with Gasteiger partial charge in [0.25, 0.3) is 0 Å². The lowest BCUT2D eigenvalue weighted by Gasteiger charge is -2.00. The largest absolute Gasteiger partial charge is 0.250 e. The molecule has 0 radical (unpaired) electrons. The van der Waals surface area contributed by atoms with Gasteiger partial charge in [0, 0.05) is 0 Å². The number of imidazole rings is 1. The van der Waals surface area contributed by atoms with Crippen LogP contribution in [0.25, 0.3) is 0 Å². The third-order valence-electron chi connectivity index (χ3n) is 3.12. The van der Waals surface area contributed by atoms with Crippen molar-refractivity contribution in [1.29, 1.82) is 0 Å². The van der Waals surface area contributed by atoms with E-state index in [0.29, 0.717) is 0 Å². The summed E-state index contributed by atoms with van der Waals surface area (Å²) in [5, 5.41) is 0. The molecule has 1 N–H and O–H groups in total. The van der Waals surface area contributed by atoms with Gasteiger partial charge in [-0.3, -0.25) is 4.98 Å². The summed E-state index contributed by atoms with van der Waals surface area (Å²) in [7, 11) is 0. The van der Waals surface area contributed by atoms with Gasteiger partial charge in [-0.15, -0.1) is 0 Å². The average Bonchev–Trinajstić information content (AvgIpc) is 2.80. The molecule has 1 heterocycles. The fourth-order valence-electron chi connectivity index (χ4n) is 2.06. The van der Waals surface area contributed by atoms with Crippen molar-refractivity contribution in [1.82, 2.24) is 4.98 Å². The van der Waals surface area contributed by atoms with Crippen LogP contribution in [0.4, 0.5) is 0 Å². The Labute approximate surface area is 100 Å². The summed E-state index contributed by atoms with van der Waals surface area (Å²) in [5.41, 5.74) is 0. The second-order valence-corrected chi connectivity index (χ2v) is 4.68. The molecule has 2 heteroatoms. The van der Waals surface area contributed by atoms with Crippen molar-refractivity contribution in [2.75, 3.05) is 0 Å². The van der Waals surface area contributed by atoms with E-state index in [1.165, 1.54) is 64.3 Å². The third-order valence-corrected chi connectivity index (χ3v) is 3.12. The smallest absolute Gasteiger partial charge is 0.241 e. The highest BCUT2D eigenvalue weighted by atomic mass is 15.0. The van der Waals surface area contributed by atoms with Crippen molar-refractivity contribution in [2.24, 2.45) is 0 Å². The Morgan fingerprint density at radius 1 is 0.875 bits per heavy atom. The van der Waals surface area contributed by atoms with Gasteiger partial charge in [0.1, 0.15) is 12.4 Å². The highest BCUT2D eigenvalue weighted by molar-refractivity contribution is 4.55. The van der Waals surface area contributed by atoms with Crippen molar-refractivity contribution in [3.8, 4) is 0 Å². The first-order valence-corrected chi connectivity index (χ1v) is 6.95. The van der Waals surface area contributed by atoms with Gasteiger partial charge in [0.05, 0.1) is 6.54 Å². The summed E-state index contributed by atoms with van der Waals surface area (Å²) in [6.45, 7) is 3.44. The lowest BCUT2D eigenvalue weighted by molar-refractivity contribution is -0.696. The van der Waals surface area contributed by atoms with Crippen LogP contribution in [0.1, 0.15) is 64.7 Å². The summed E-state index contributed by atoms with van der Waals surface area (Å²) < 4.78 is 2.22. The van der Waals surface area contributed by atoms with E-state index in [9.17, 15) is 0 Å². The predicted octanol–water partition coefficient (Wildman–Crippen LogP) is 3.83. The molecule has 1 aromatic rings. The van der Waals surface area contributed by atoms with E-state index in [1.807, 2.05) is 12.5 Å². The first-order chi connectivity index (χ1) is 7.93. The van der Waals surface area contributed by atoms with Gasteiger partial charge in [0.2, 0.25) is 6.33 Å². The molecule has 0 aliphatic rings. The molecule has 0 amide bonds. The Morgan fingerprint density at radius 2 is 1.50 bits per heavy atom. The van der Waals surface area contributed by atoms with E-state index in [2.05, 4.69) is 22.7 Å². The number of nitrogens with one attached hydrogen (secondary N) is 1.